The first-order valence-electron chi connectivity index (χ1n) is 5.48. The molecular weight excluding hydrogens is 284 g/mol. The third-order valence-electron chi connectivity index (χ3n) is 2.39. The Hall–Kier alpha value is -1.73. The molecule has 2 aromatic rings. The van der Waals surface area contributed by atoms with Crippen LogP contribution < -0.4 is 5.32 Å². The quantitative estimate of drug-likeness (QED) is 0.880. The number of hydrogen-bond donors (Lipinski definition) is 1. The second kappa shape index (κ2) is 5.94. The molecule has 0 spiro atoms. The van der Waals surface area contributed by atoms with Gasteiger partial charge in [0, 0.05) is 4.88 Å². The van der Waals surface area contributed by atoms with Crippen LogP contribution in [0.3, 0.4) is 0 Å². The number of carbonyl (C=O) groups is 2. The summed E-state index contributed by atoms with van der Waals surface area (Å²) in [5.74, 6) is -0.503. The number of hydrogen-bond acceptors (Lipinski definition) is 6. The number of aryl methyl sites for hydroxylation is 1. The van der Waals surface area contributed by atoms with Crippen LogP contribution in [0.25, 0.3) is 0 Å². The van der Waals surface area contributed by atoms with Gasteiger partial charge in [-0.1, -0.05) is 6.07 Å². The maximum absolute atomic E-state index is 11.8. The van der Waals surface area contributed by atoms with Crippen LogP contribution in [0.2, 0.25) is 0 Å². The zero-order valence-corrected chi connectivity index (χ0v) is 12.1. The van der Waals surface area contributed by atoms with E-state index in [0.29, 0.717) is 10.0 Å². The summed E-state index contributed by atoms with van der Waals surface area (Å²) in [5, 5.41) is 5.06. The van der Waals surface area contributed by atoms with E-state index in [1.54, 1.807) is 13.0 Å². The average Bonchev–Trinajstić information content (AvgIpc) is 3.00. The number of methoxy groups -OCH3 is 1. The first kappa shape index (κ1) is 13.7. The lowest BCUT2D eigenvalue weighted by Crippen LogP contribution is -2.09. The number of aromatic nitrogens is 1. The van der Waals surface area contributed by atoms with Crippen LogP contribution in [0.4, 0.5) is 5.13 Å². The molecule has 2 rings (SSSR count). The summed E-state index contributed by atoms with van der Waals surface area (Å²) in [7, 11) is 1.35. The molecule has 1 amide bonds. The zero-order valence-electron chi connectivity index (χ0n) is 10.4. The van der Waals surface area contributed by atoms with Gasteiger partial charge in [0.2, 0.25) is 0 Å². The number of thiophene rings is 1. The predicted octanol–water partition coefficient (Wildman–Crippen LogP) is 2.48. The maximum Gasteiger partial charge on any atom is 0.310 e. The van der Waals surface area contributed by atoms with E-state index in [4.69, 9.17) is 0 Å². The normalized spacial score (nSPS) is 10.2. The topological polar surface area (TPSA) is 68.3 Å². The average molecular weight is 296 g/mol. The number of ether oxygens (including phenoxy) is 1. The van der Waals surface area contributed by atoms with E-state index in [-0.39, 0.29) is 18.3 Å². The highest BCUT2D eigenvalue weighted by molar-refractivity contribution is 7.16. The number of esters is 1. The Bertz CT molecular complexity index is 590. The maximum atomic E-state index is 11.8. The van der Waals surface area contributed by atoms with Crippen LogP contribution >= 0.6 is 22.7 Å². The summed E-state index contributed by atoms with van der Waals surface area (Å²) < 4.78 is 4.61. The van der Waals surface area contributed by atoms with Gasteiger partial charge in [-0.2, -0.15) is 0 Å². The molecule has 7 heteroatoms. The second-order valence-electron chi connectivity index (χ2n) is 3.71. The lowest BCUT2D eigenvalue weighted by Gasteiger charge is -1.97. The van der Waals surface area contributed by atoms with Gasteiger partial charge < -0.3 is 4.74 Å². The number of rotatable bonds is 4. The standard InChI is InChI=1S/C12H12N2O3S2/c1-7-9(6-10(15)17-2)19-12(13-7)14-11(16)8-4-3-5-18-8/h3-5H,6H2,1-2H3,(H,13,14,16). The molecule has 0 unspecified atom stereocenters. The largest absolute Gasteiger partial charge is 0.469 e. The molecule has 0 atom stereocenters. The van der Waals surface area contributed by atoms with Crippen molar-refractivity contribution in [3.63, 3.8) is 0 Å². The lowest BCUT2D eigenvalue weighted by molar-refractivity contribution is -0.139. The fourth-order valence-corrected chi connectivity index (χ4v) is 2.98. The summed E-state index contributed by atoms with van der Waals surface area (Å²) in [5.41, 5.74) is 0.733. The van der Waals surface area contributed by atoms with Crippen LogP contribution in [0, 0.1) is 6.92 Å². The summed E-state index contributed by atoms with van der Waals surface area (Å²) in [6, 6.07) is 3.56. The molecule has 2 aromatic heterocycles. The highest BCUT2D eigenvalue weighted by Gasteiger charge is 2.14. The van der Waals surface area contributed by atoms with Crippen molar-refractivity contribution in [2.45, 2.75) is 13.3 Å². The minimum atomic E-state index is -0.317. The third-order valence-corrected chi connectivity index (χ3v) is 4.33. The van der Waals surface area contributed by atoms with Crippen LogP contribution in [0.15, 0.2) is 17.5 Å². The van der Waals surface area contributed by atoms with E-state index < -0.39 is 0 Å². The van der Waals surface area contributed by atoms with Gasteiger partial charge in [-0.25, -0.2) is 4.98 Å². The van der Waals surface area contributed by atoms with Crippen LogP contribution in [0.5, 0.6) is 0 Å². The molecule has 100 valence electrons. The van der Waals surface area contributed by atoms with Crippen molar-refractivity contribution >= 4 is 39.7 Å². The first-order chi connectivity index (χ1) is 9.10. The minimum absolute atomic E-state index is 0.175. The van der Waals surface area contributed by atoms with Crippen molar-refractivity contribution in [1.29, 1.82) is 0 Å². The van der Waals surface area contributed by atoms with Crippen LogP contribution in [-0.4, -0.2) is 24.0 Å². The fraction of sp³-hybridized carbons (Fsp3) is 0.250. The van der Waals surface area contributed by atoms with Gasteiger partial charge in [0.25, 0.3) is 5.91 Å². The van der Waals surface area contributed by atoms with E-state index in [9.17, 15) is 9.59 Å². The van der Waals surface area contributed by atoms with Crippen molar-refractivity contribution in [2.75, 3.05) is 12.4 Å². The van der Waals surface area contributed by atoms with Gasteiger partial charge in [0.15, 0.2) is 5.13 Å². The number of thiazole rings is 1. The summed E-state index contributed by atoms with van der Waals surface area (Å²) in [4.78, 5) is 28.7. The van der Waals surface area contributed by atoms with Crippen molar-refractivity contribution in [3.05, 3.63) is 33.0 Å². The number of carbonyl (C=O) groups excluding carboxylic acids is 2. The Morgan fingerprint density at radius 1 is 1.47 bits per heavy atom. The predicted molar refractivity (Wildman–Crippen MR) is 74.8 cm³/mol. The van der Waals surface area contributed by atoms with Gasteiger partial charge in [-0.15, -0.1) is 22.7 Å². The Kier molecular flexibility index (Phi) is 4.28. The van der Waals surface area contributed by atoms with E-state index in [1.807, 2.05) is 11.4 Å². The smallest absolute Gasteiger partial charge is 0.310 e. The summed E-state index contributed by atoms with van der Waals surface area (Å²) >= 11 is 2.66. The van der Waals surface area contributed by atoms with E-state index in [1.165, 1.54) is 29.8 Å². The summed E-state index contributed by atoms with van der Waals surface area (Å²) in [6.45, 7) is 1.80. The lowest BCUT2D eigenvalue weighted by atomic mass is 10.3. The van der Waals surface area contributed by atoms with Crippen LogP contribution in [-0.2, 0) is 16.0 Å². The monoisotopic (exact) mass is 296 g/mol. The molecule has 1 N–H and O–H groups in total. The molecule has 0 aromatic carbocycles. The number of nitrogens with one attached hydrogen (secondary N) is 1. The van der Waals surface area contributed by atoms with Crippen molar-refractivity contribution in [2.24, 2.45) is 0 Å². The summed E-state index contributed by atoms with van der Waals surface area (Å²) in [6.07, 6.45) is 0.175. The number of amides is 1. The molecule has 0 saturated carbocycles. The highest BCUT2D eigenvalue weighted by Crippen LogP contribution is 2.24. The van der Waals surface area contributed by atoms with Crippen molar-refractivity contribution in [1.82, 2.24) is 4.98 Å². The molecule has 2 heterocycles. The second-order valence-corrected chi connectivity index (χ2v) is 5.74. The molecule has 0 aliphatic carbocycles. The SMILES string of the molecule is COC(=O)Cc1sc(NC(=O)c2cccs2)nc1C. The Morgan fingerprint density at radius 3 is 2.89 bits per heavy atom. The van der Waals surface area contributed by atoms with E-state index in [2.05, 4.69) is 15.0 Å². The molecule has 5 nitrogen and oxygen atoms in total. The number of nitrogens with zero attached hydrogens (tertiary/aromatic N) is 1. The highest BCUT2D eigenvalue weighted by atomic mass is 32.1. The van der Waals surface area contributed by atoms with Gasteiger partial charge in [-0.3, -0.25) is 14.9 Å². The number of anilines is 1. The molecule has 0 bridgehead atoms. The Morgan fingerprint density at radius 2 is 2.26 bits per heavy atom. The van der Waals surface area contributed by atoms with Crippen molar-refractivity contribution < 1.29 is 14.3 Å². The molecular formula is C12H12N2O3S2. The Labute approximate surface area is 118 Å². The van der Waals surface area contributed by atoms with Gasteiger partial charge in [0.05, 0.1) is 24.1 Å². The molecule has 0 saturated heterocycles. The van der Waals surface area contributed by atoms with E-state index in [0.717, 1.165) is 10.6 Å². The Balaban J connectivity index is 2.08. The first-order valence-corrected chi connectivity index (χ1v) is 7.17. The van der Waals surface area contributed by atoms with E-state index >= 15 is 0 Å². The van der Waals surface area contributed by atoms with Gasteiger partial charge >= 0.3 is 5.97 Å². The minimum Gasteiger partial charge on any atom is -0.469 e. The molecule has 0 aliphatic heterocycles. The van der Waals surface area contributed by atoms with Gasteiger partial charge in [0.1, 0.15) is 0 Å². The van der Waals surface area contributed by atoms with Crippen molar-refractivity contribution in [3.8, 4) is 0 Å². The van der Waals surface area contributed by atoms with Gasteiger partial charge in [-0.05, 0) is 18.4 Å². The van der Waals surface area contributed by atoms with Crippen LogP contribution in [0.1, 0.15) is 20.2 Å². The molecule has 19 heavy (non-hydrogen) atoms. The molecule has 0 aliphatic rings. The molecule has 0 radical (unpaired) electrons. The zero-order chi connectivity index (χ0) is 13.8. The fourth-order valence-electron chi connectivity index (χ4n) is 1.42. The molecule has 0 fully saturated rings. The third kappa shape index (κ3) is 3.39.